The van der Waals surface area contributed by atoms with Gasteiger partial charge >= 0.3 is 0 Å². The Bertz CT molecular complexity index is 900. The summed E-state index contributed by atoms with van der Waals surface area (Å²) in [5, 5.41) is 5.62. The molecule has 0 aliphatic carbocycles. The minimum Gasteiger partial charge on any atom is -0.345 e. The fourth-order valence-corrected chi connectivity index (χ4v) is 4.61. The van der Waals surface area contributed by atoms with Crippen LogP contribution in [0.15, 0.2) is 18.2 Å². The second-order valence-corrected chi connectivity index (χ2v) is 7.77. The van der Waals surface area contributed by atoms with Gasteiger partial charge in [0.25, 0.3) is 5.91 Å². The van der Waals surface area contributed by atoms with E-state index in [-0.39, 0.29) is 5.91 Å². The van der Waals surface area contributed by atoms with Gasteiger partial charge in [-0.15, -0.1) is 5.10 Å². The van der Waals surface area contributed by atoms with Gasteiger partial charge in [-0.05, 0) is 36.7 Å². The quantitative estimate of drug-likeness (QED) is 0.684. The van der Waals surface area contributed by atoms with Crippen molar-refractivity contribution in [1.82, 2.24) is 19.5 Å². The van der Waals surface area contributed by atoms with E-state index < -0.39 is 0 Å². The fourth-order valence-electron chi connectivity index (χ4n) is 2.69. The van der Waals surface area contributed by atoms with Gasteiger partial charge in [-0.3, -0.25) is 4.79 Å². The molecule has 2 aromatic heterocycles. The smallest absolute Gasteiger partial charge is 0.267 e. The van der Waals surface area contributed by atoms with Gasteiger partial charge in [0.1, 0.15) is 4.88 Å². The van der Waals surface area contributed by atoms with Gasteiger partial charge in [-0.1, -0.05) is 27.4 Å². The van der Waals surface area contributed by atoms with Crippen LogP contribution in [-0.2, 0) is 0 Å². The second-order valence-electron chi connectivity index (χ2n) is 5.58. The summed E-state index contributed by atoms with van der Waals surface area (Å²) in [5.41, 5.74) is 1.67. The molecule has 1 aliphatic heterocycles. The van der Waals surface area contributed by atoms with Crippen molar-refractivity contribution in [3.8, 4) is 0 Å². The Morgan fingerprint density at radius 2 is 2.04 bits per heavy atom. The topological polar surface area (TPSA) is 62.2 Å². The maximum atomic E-state index is 12.5. The van der Waals surface area contributed by atoms with Crippen molar-refractivity contribution in [3.05, 3.63) is 33.8 Å². The number of rotatable bonds is 2. The maximum absolute atomic E-state index is 12.5. The molecule has 3 aromatic rings. The Hall–Kier alpha value is -1.77. The number of fused-ring (bicyclic) bond motifs is 1. The molecule has 4 rings (SSSR count). The number of nitrogens with zero attached hydrogens (tertiary/aromatic N) is 5. The average molecular weight is 380 g/mol. The monoisotopic (exact) mass is 379 g/mol. The molecule has 0 N–H and O–H groups in total. The largest absolute Gasteiger partial charge is 0.345 e. The Morgan fingerprint density at radius 3 is 2.75 bits per heavy atom. The average Bonchev–Trinajstić information content (AvgIpc) is 3.20. The summed E-state index contributed by atoms with van der Waals surface area (Å²) in [6.45, 7) is 4.70. The SMILES string of the molecule is Cc1nnsc1C(=O)N1CCN(c2nc3ccc(Cl)cc3s2)CC1. The number of piperazine rings is 1. The molecule has 1 fully saturated rings. The van der Waals surface area contributed by atoms with E-state index in [4.69, 9.17) is 11.6 Å². The van der Waals surface area contributed by atoms with Gasteiger partial charge < -0.3 is 9.80 Å². The first kappa shape index (κ1) is 15.7. The van der Waals surface area contributed by atoms with E-state index in [0.29, 0.717) is 23.7 Å². The van der Waals surface area contributed by atoms with Crippen LogP contribution >= 0.6 is 34.5 Å². The lowest BCUT2D eigenvalue weighted by molar-refractivity contribution is 0.0750. The van der Waals surface area contributed by atoms with Crippen LogP contribution in [0.2, 0.25) is 5.02 Å². The molecule has 1 aliphatic rings. The zero-order chi connectivity index (χ0) is 16.7. The van der Waals surface area contributed by atoms with Crippen LogP contribution < -0.4 is 4.90 Å². The molecular formula is C15H14ClN5OS2. The number of benzene rings is 1. The zero-order valence-corrected chi connectivity index (χ0v) is 15.3. The lowest BCUT2D eigenvalue weighted by Gasteiger charge is -2.34. The van der Waals surface area contributed by atoms with Crippen LogP contribution in [0.3, 0.4) is 0 Å². The Balaban J connectivity index is 1.47. The van der Waals surface area contributed by atoms with Crippen molar-refractivity contribution < 1.29 is 4.79 Å². The molecule has 0 atom stereocenters. The van der Waals surface area contributed by atoms with Gasteiger partial charge in [0.2, 0.25) is 0 Å². The van der Waals surface area contributed by atoms with E-state index in [1.165, 1.54) is 0 Å². The van der Waals surface area contributed by atoms with Crippen molar-refractivity contribution in [2.45, 2.75) is 6.92 Å². The van der Waals surface area contributed by atoms with Crippen molar-refractivity contribution >= 4 is 55.7 Å². The Kier molecular flexibility index (Phi) is 4.11. The minimum atomic E-state index is 0.0261. The number of amides is 1. The van der Waals surface area contributed by atoms with E-state index in [0.717, 1.165) is 45.0 Å². The van der Waals surface area contributed by atoms with Crippen LogP contribution in [0.1, 0.15) is 15.4 Å². The first-order valence-corrected chi connectivity index (χ1v) is 9.48. The number of aryl methyl sites for hydroxylation is 1. The number of carbonyl (C=O) groups excluding carboxylic acids is 1. The number of halogens is 1. The molecule has 0 bridgehead atoms. The van der Waals surface area contributed by atoms with Crippen molar-refractivity contribution in [3.63, 3.8) is 0 Å². The van der Waals surface area contributed by atoms with Crippen molar-refractivity contribution in [2.24, 2.45) is 0 Å². The van der Waals surface area contributed by atoms with Crippen LogP contribution in [0.5, 0.6) is 0 Å². The summed E-state index contributed by atoms with van der Waals surface area (Å²) >= 11 is 8.84. The highest BCUT2D eigenvalue weighted by Crippen LogP contribution is 2.31. The molecule has 24 heavy (non-hydrogen) atoms. The molecule has 0 saturated carbocycles. The van der Waals surface area contributed by atoms with Crippen LogP contribution in [0.4, 0.5) is 5.13 Å². The summed E-state index contributed by atoms with van der Waals surface area (Å²) in [7, 11) is 0. The first-order valence-electron chi connectivity index (χ1n) is 7.51. The van der Waals surface area contributed by atoms with Gasteiger partial charge in [-0.2, -0.15) is 0 Å². The highest BCUT2D eigenvalue weighted by molar-refractivity contribution is 7.22. The third-order valence-corrected chi connectivity index (χ3v) is 6.15. The molecule has 0 radical (unpaired) electrons. The highest BCUT2D eigenvalue weighted by atomic mass is 35.5. The highest BCUT2D eigenvalue weighted by Gasteiger charge is 2.26. The molecule has 6 nitrogen and oxygen atoms in total. The number of carbonyl (C=O) groups is 1. The van der Waals surface area contributed by atoms with Gasteiger partial charge in [0, 0.05) is 31.2 Å². The van der Waals surface area contributed by atoms with Gasteiger partial charge in [0.15, 0.2) is 5.13 Å². The standard InChI is InChI=1S/C15H14ClN5OS2/c1-9-13(24-19-18-9)14(22)20-4-6-21(7-5-20)15-17-11-3-2-10(16)8-12(11)23-15/h2-3,8H,4-7H2,1H3. The third-order valence-electron chi connectivity index (χ3n) is 4.02. The molecule has 0 unspecified atom stereocenters. The fraction of sp³-hybridized carbons (Fsp3) is 0.333. The lowest BCUT2D eigenvalue weighted by Crippen LogP contribution is -2.48. The molecule has 3 heterocycles. The number of aromatic nitrogens is 3. The lowest BCUT2D eigenvalue weighted by atomic mass is 10.3. The number of hydrogen-bond donors (Lipinski definition) is 0. The maximum Gasteiger partial charge on any atom is 0.267 e. The minimum absolute atomic E-state index is 0.0261. The number of hydrogen-bond acceptors (Lipinski definition) is 7. The predicted molar refractivity (Wildman–Crippen MR) is 97.4 cm³/mol. The van der Waals surface area contributed by atoms with Crippen molar-refractivity contribution in [1.29, 1.82) is 0 Å². The summed E-state index contributed by atoms with van der Waals surface area (Å²) < 4.78 is 4.93. The summed E-state index contributed by atoms with van der Waals surface area (Å²) in [5.74, 6) is 0.0261. The van der Waals surface area contributed by atoms with Gasteiger partial charge in [-0.25, -0.2) is 4.98 Å². The number of thiazole rings is 1. The van der Waals surface area contributed by atoms with Crippen LogP contribution in [-0.4, -0.2) is 51.6 Å². The van der Waals surface area contributed by atoms with E-state index in [1.807, 2.05) is 30.0 Å². The van der Waals surface area contributed by atoms with Crippen LogP contribution in [0.25, 0.3) is 10.2 Å². The third kappa shape index (κ3) is 2.85. The molecular weight excluding hydrogens is 366 g/mol. The first-order chi connectivity index (χ1) is 11.6. The predicted octanol–water partition coefficient (Wildman–Crippen LogP) is 3.07. The molecule has 124 valence electrons. The summed E-state index contributed by atoms with van der Waals surface area (Å²) in [6.07, 6.45) is 0. The van der Waals surface area contributed by atoms with Crippen LogP contribution in [0, 0.1) is 6.92 Å². The Morgan fingerprint density at radius 1 is 1.25 bits per heavy atom. The molecule has 1 amide bonds. The van der Waals surface area contributed by atoms with E-state index in [2.05, 4.69) is 19.5 Å². The zero-order valence-electron chi connectivity index (χ0n) is 12.9. The number of anilines is 1. The van der Waals surface area contributed by atoms with E-state index in [9.17, 15) is 4.79 Å². The molecule has 1 saturated heterocycles. The van der Waals surface area contributed by atoms with Gasteiger partial charge in [0.05, 0.1) is 15.9 Å². The second kappa shape index (κ2) is 6.27. The summed E-state index contributed by atoms with van der Waals surface area (Å²) in [4.78, 5) is 21.9. The normalized spacial score (nSPS) is 15.2. The van der Waals surface area contributed by atoms with E-state index >= 15 is 0 Å². The van der Waals surface area contributed by atoms with E-state index in [1.54, 1.807) is 11.3 Å². The Labute approximate surface area is 151 Å². The molecule has 9 heteroatoms. The molecule has 0 spiro atoms. The van der Waals surface area contributed by atoms with Crippen molar-refractivity contribution in [2.75, 3.05) is 31.1 Å². The summed E-state index contributed by atoms with van der Waals surface area (Å²) in [6, 6.07) is 5.74. The molecule has 1 aromatic carbocycles.